The summed E-state index contributed by atoms with van der Waals surface area (Å²) in [5.74, 6) is 0.934. The number of aromatic nitrogens is 1. The van der Waals surface area contributed by atoms with E-state index < -0.39 is 6.04 Å². The van der Waals surface area contributed by atoms with Crippen LogP contribution in [-0.2, 0) is 6.54 Å². The molecule has 2 rings (SSSR count). The molecule has 0 aliphatic carbocycles. The lowest BCUT2D eigenvalue weighted by Crippen LogP contribution is -2.58. The van der Waals surface area contributed by atoms with Crippen LogP contribution in [0.4, 0.5) is 0 Å². The Hall–Kier alpha value is -2.02. The van der Waals surface area contributed by atoms with Gasteiger partial charge in [-0.05, 0) is 31.0 Å². The largest absolute Gasteiger partial charge is 0.337 e. The van der Waals surface area contributed by atoms with Crippen LogP contribution in [0.1, 0.15) is 33.3 Å². The van der Waals surface area contributed by atoms with Gasteiger partial charge in [-0.1, -0.05) is 26.8 Å². The zero-order valence-corrected chi connectivity index (χ0v) is 14.9. The lowest BCUT2D eigenvalue weighted by molar-refractivity contribution is -0.507. The Balaban J connectivity index is 2.34. The Morgan fingerprint density at radius 2 is 2.21 bits per heavy atom. The van der Waals surface area contributed by atoms with Gasteiger partial charge in [-0.3, -0.25) is 25.0 Å². The van der Waals surface area contributed by atoms with Crippen LogP contribution in [0.3, 0.4) is 0 Å². The number of hydrogen-bond acceptors (Lipinski definition) is 5. The summed E-state index contributed by atoms with van der Waals surface area (Å²) in [4.78, 5) is 24.4. The van der Waals surface area contributed by atoms with E-state index in [1.54, 1.807) is 12.4 Å². The Morgan fingerprint density at radius 3 is 2.75 bits per heavy atom. The minimum Gasteiger partial charge on any atom is -0.337 e. The predicted molar refractivity (Wildman–Crippen MR) is 94.4 cm³/mol. The third kappa shape index (κ3) is 4.50. The minimum absolute atomic E-state index is 0.0482. The average Bonchev–Trinajstić information content (AvgIpc) is 2.56. The first-order chi connectivity index (χ1) is 11.4. The van der Waals surface area contributed by atoms with Crippen LogP contribution >= 0.6 is 0 Å². The molecule has 7 heteroatoms. The number of aliphatic imine (C=N–C) groups is 1. The van der Waals surface area contributed by atoms with Gasteiger partial charge in [0.15, 0.2) is 5.84 Å². The second-order valence-corrected chi connectivity index (χ2v) is 6.64. The summed E-state index contributed by atoms with van der Waals surface area (Å²) >= 11 is 0. The highest BCUT2D eigenvalue weighted by molar-refractivity contribution is 5.87. The first kappa shape index (κ1) is 18.3. The van der Waals surface area contributed by atoms with Gasteiger partial charge in [0, 0.05) is 23.9 Å². The van der Waals surface area contributed by atoms with Crippen molar-refractivity contribution in [3.05, 3.63) is 40.2 Å². The van der Waals surface area contributed by atoms with Crippen LogP contribution in [-0.4, -0.2) is 57.4 Å². The maximum Gasteiger partial charge on any atom is 0.281 e. The molecule has 0 bridgehead atoms. The van der Waals surface area contributed by atoms with Crippen molar-refractivity contribution in [1.82, 2.24) is 14.8 Å². The first-order valence-electron chi connectivity index (χ1n) is 8.49. The van der Waals surface area contributed by atoms with Crippen molar-refractivity contribution < 1.29 is 4.92 Å². The Bertz CT molecular complexity index is 576. The zero-order valence-electron chi connectivity index (χ0n) is 14.9. The Kier molecular flexibility index (Phi) is 6.25. The fourth-order valence-corrected chi connectivity index (χ4v) is 2.67. The molecule has 1 fully saturated rings. The Morgan fingerprint density at radius 1 is 1.46 bits per heavy atom. The quantitative estimate of drug-likeness (QED) is 0.590. The van der Waals surface area contributed by atoms with E-state index in [1.165, 1.54) is 0 Å². The number of hydrogen-bond donors (Lipinski definition) is 0. The lowest BCUT2D eigenvalue weighted by atomic mass is 10.1. The molecule has 132 valence electrons. The van der Waals surface area contributed by atoms with Crippen molar-refractivity contribution >= 4 is 5.84 Å². The van der Waals surface area contributed by atoms with Crippen LogP contribution in [0.15, 0.2) is 29.5 Å². The number of likely N-dealkylation sites (N-methyl/N-ethyl adjacent to an activating group) is 1. The number of pyridine rings is 1. The van der Waals surface area contributed by atoms with Crippen LogP contribution in [0.25, 0.3) is 0 Å². The molecule has 1 aliphatic heterocycles. The van der Waals surface area contributed by atoms with Gasteiger partial charge in [0.05, 0.1) is 19.3 Å². The molecular formula is C17H27N5O2. The zero-order chi connectivity index (χ0) is 17.7. The molecule has 24 heavy (non-hydrogen) atoms. The molecule has 0 radical (unpaired) electrons. The highest BCUT2D eigenvalue weighted by atomic mass is 16.6. The van der Waals surface area contributed by atoms with Gasteiger partial charge in [0.1, 0.15) is 0 Å². The number of nitrogens with zero attached hydrogens (tertiary/aromatic N) is 5. The van der Waals surface area contributed by atoms with Crippen LogP contribution in [0, 0.1) is 16.0 Å². The maximum absolute atomic E-state index is 11.6. The van der Waals surface area contributed by atoms with E-state index in [9.17, 15) is 10.1 Å². The van der Waals surface area contributed by atoms with Crippen molar-refractivity contribution in [3.8, 4) is 0 Å². The molecule has 1 aromatic rings. The molecule has 7 nitrogen and oxygen atoms in total. The summed E-state index contributed by atoms with van der Waals surface area (Å²) in [6, 6.07) is 3.14. The third-order valence-corrected chi connectivity index (χ3v) is 4.52. The molecule has 0 saturated carbocycles. The summed E-state index contributed by atoms with van der Waals surface area (Å²) in [5.41, 5.74) is 1.03. The predicted octanol–water partition coefficient (Wildman–Crippen LogP) is 2.26. The summed E-state index contributed by atoms with van der Waals surface area (Å²) in [5, 5.41) is 11.6. The van der Waals surface area contributed by atoms with E-state index in [0.29, 0.717) is 31.5 Å². The van der Waals surface area contributed by atoms with Gasteiger partial charge in [-0.15, -0.1) is 0 Å². The molecule has 1 saturated heterocycles. The van der Waals surface area contributed by atoms with Gasteiger partial charge < -0.3 is 4.90 Å². The number of rotatable bonds is 6. The standard InChI is InChI=1S/C17H27N5O2/c1-5-20-11-16(22(23)24)17(19-14(4)13(2)3)21(12-20)10-15-7-6-8-18-9-15/h6-9,13-14,16H,5,10-12H2,1-4H3. The normalized spacial score (nSPS) is 22.1. The highest BCUT2D eigenvalue weighted by Crippen LogP contribution is 2.18. The summed E-state index contributed by atoms with van der Waals surface area (Å²) in [6.45, 7) is 10.6. The molecule has 0 amide bonds. The third-order valence-electron chi connectivity index (χ3n) is 4.52. The molecule has 2 unspecified atom stereocenters. The molecule has 0 N–H and O–H groups in total. The van der Waals surface area contributed by atoms with E-state index in [2.05, 4.69) is 23.7 Å². The number of amidine groups is 1. The topological polar surface area (TPSA) is 74.9 Å². The Labute approximate surface area is 143 Å². The summed E-state index contributed by atoms with van der Waals surface area (Å²) in [6.07, 6.45) is 3.53. The molecule has 2 heterocycles. The van der Waals surface area contributed by atoms with Crippen LogP contribution < -0.4 is 0 Å². The maximum atomic E-state index is 11.6. The summed E-state index contributed by atoms with van der Waals surface area (Å²) < 4.78 is 0. The van der Waals surface area contributed by atoms with E-state index in [-0.39, 0.29) is 11.0 Å². The van der Waals surface area contributed by atoms with E-state index in [1.807, 2.05) is 30.9 Å². The monoisotopic (exact) mass is 333 g/mol. The van der Waals surface area contributed by atoms with Gasteiger partial charge in [-0.2, -0.15) is 0 Å². The lowest BCUT2D eigenvalue weighted by Gasteiger charge is -2.39. The average molecular weight is 333 g/mol. The highest BCUT2D eigenvalue weighted by Gasteiger charge is 2.39. The summed E-state index contributed by atoms with van der Waals surface area (Å²) in [7, 11) is 0. The molecule has 0 aromatic carbocycles. The number of nitro groups is 1. The molecular weight excluding hydrogens is 306 g/mol. The first-order valence-corrected chi connectivity index (χ1v) is 8.49. The van der Waals surface area contributed by atoms with Crippen LogP contribution in [0.2, 0.25) is 0 Å². The van der Waals surface area contributed by atoms with Crippen molar-refractivity contribution in [3.63, 3.8) is 0 Å². The smallest absolute Gasteiger partial charge is 0.281 e. The SMILES string of the molecule is CCN1CC([N+](=O)[O-])C(=NC(C)C(C)C)N(Cc2cccnc2)C1. The van der Waals surface area contributed by atoms with Gasteiger partial charge in [0.25, 0.3) is 6.04 Å². The molecule has 0 spiro atoms. The fraction of sp³-hybridized carbons (Fsp3) is 0.647. The van der Waals surface area contributed by atoms with Crippen molar-refractivity contribution in [2.45, 2.75) is 46.3 Å². The van der Waals surface area contributed by atoms with Crippen molar-refractivity contribution in [2.75, 3.05) is 19.8 Å². The van der Waals surface area contributed by atoms with Gasteiger partial charge in [0.2, 0.25) is 0 Å². The van der Waals surface area contributed by atoms with Gasteiger partial charge in [-0.25, -0.2) is 0 Å². The molecule has 1 aliphatic rings. The van der Waals surface area contributed by atoms with Crippen LogP contribution in [0.5, 0.6) is 0 Å². The second kappa shape index (κ2) is 8.19. The van der Waals surface area contributed by atoms with E-state index >= 15 is 0 Å². The van der Waals surface area contributed by atoms with E-state index in [0.717, 1.165) is 12.1 Å². The second-order valence-electron chi connectivity index (χ2n) is 6.64. The van der Waals surface area contributed by atoms with Gasteiger partial charge >= 0.3 is 0 Å². The van der Waals surface area contributed by atoms with Crippen molar-refractivity contribution in [1.29, 1.82) is 0 Å². The van der Waals surface area contributed by atoms with Crippen molar-refractivity contribution in [2.24, 2.45) is 10.9 Å². The fourth-order valence-electron chi connectivity index (χ4n) is 2.67. The molecule has 1 aromatic heterocycles. The molecule has 2 atom stereocenters. The minimum atomic E-state index is -0.781. The van der Waals surface area contributed by atoms with E-state index in [4.69, 9.17) is 4.99 Å².